The molecule has 0 radical (unpaired) electrons. The molecule has 0 fully saturated rings. The highest BCUT2D eigenvalue weighted by Crippen LogP contribution is 2.31. The quantitative estimate of drug-likeness (QED) is 0.787. The predicted octanol–water partition coefficient (Wildman–Crippen LogP) is 1.73. The molecule has 1 aromatic carbocycles. The average Bonchev–Trinajstić information content (AvgIpc) is 2.89. The van der Waals surface area contributed by atoms with E-state index in [1.165, 1.54) is 0 Å². The molecule has 1 aliphatic rings. The first kappa shape index (κ1) is 18.3. The number of benzene rings is 1. The van der Waals surface area contributed by atoms with Crippen molar-refractivity contribution in [3.63, 3.8) is 0 Å². The molecular weight excluding hydrogens is 304 g/mol. The van der Waals surface area contributed by atoms with Gasteiger partial charge in [-0.2, -0.15) is 0 Å². The minimum Gasteiger partial charge on any atom is -0.338 e. The lowest BCUT2D eigenvalue weighted by molar-refractivity contribution is -0.119. The van der Waals surface area contributed by atoms with Gasteiger partial charge in [-0.05, 0) is 31.0 Å². The molecule has 0 saturated heterocycles. The lowest BCUT2D eigenvalue weighted by Crippen LogP contribution is -2.38. The topological polar surface area (TPSA) is 87.5 Å². The Morgan fingerprint density at radius 3 is 2.77 bits per heavy atom. The van der Waals surface area contributed by atoms with Crippen molar-refractivity contribution in [1.82, 2.24) is 5.32 Å². The van der Waals surface area contributed by atoms with Crippen LogP contribution in [0.1, 0.15) is 19.4 Å². The SMILES string of the molecule is CCNC(=O)N1CCc2ccc(NC(=O)C(C)CN)cc21.Cl. The van der Waals surface area contributed by atoms with Gasteiger partial charge >= 0.3 is 6.03 Å². The summed E-state index contributed by atoms with van der Waals surface area (Å²) in [6.45, 7) is 5.23. The van der Waals surface area contributed by atoms with E-state index in [4.69, 9.17) is 5.73 Å². The van der Waals surface area contributed by atoms with Crippen LogP contribution < -0.4 is 21.3 Å². The molecule has 1 aliphatic heterocycles. The summed E-state index contributed by atoms with van der Waals surface area (Å²) in [5.41, 5.74) is 8.16. The van der Waals surface area contributed by atoms with Crippen LogP contribution >= 0.6 is 12.4 Å². The molecule has 6 nitrogen and oxygen atoms in total. The Morgan fingerprint density at radius 1 is 1.41 bits per heavy atom. The van der Waals surface area contributed by atoms with Gasteiger partial charge in [-0.1, -0.05) is 13.0 Å². The molecule has 1 atom stereocenters. The maximum atomic E-state index is 12.0. The molecule has 0 spiro atoms. The fraction of sp³-hybridized carbons (Fsp3) is 0.467. The van der Waals surface area contributed by atoms with Crippen LogP contribution in [-0.4, -0.2) is 31.6 Å². The Kier molecular flexibility index (Phi) is 6.64. The second-order valence-corrected chi connectivity index (χ2v) is 5.21. The van der Waals surface area contributed by atoms with Crippen molar-refractivity contribution in [3.05, 3.63) is 23.8 Å². The Morgan fingerprint density at radius 2 is 2.14 bits per heavy atom. The van der Waals surface area contributed by atoms with Crippen molar-refractivity contribution in [3.8, 4) is 0 Å². The first-order valence-electron chi connectivity index (χ1n) is 7.26. The summed E-state index contributed by atoms with van der Waals surface area (Å²) in [4.78, 5) is 25.6. The lowest BCUT2D eigenvalue weighted by atomic mass is 10.1. The number of urea groups is 1. The maximum absolute atomic E-state index is 12.0. The monoisotopic (exact) mass is 326 g/mol. The molecule has 3 amide bonds. The van der Waals surface area contributed by atoms with Crippen LogP contribution in [0.25, 0.3) is 0 Å². The zero-order chi connectivity index (χ0) is 15.4. The van der Waals surface area contributed by atoms with Crippen molar-refractivity contribution in [2.24, 2.45) is 11.7 Å². The number of hydrogen-bond acceptors (Lipinski definition) is 3. The fourth-order valence-electron chi connectivity index (χ4n) is 2.29. The Labute approximate surface area is 136 Å². The molecule has 122 valence electrons. The third-order valence-corrected chi connectivity index (χ3v) is 3.62. The maximum Gasteiger partial charge on any atom is 0.321 e. The van der Waals surface area contributed by atoms with E-state index in [-0.39, 0.29) is 30.3 Å². The second kappa shape index (κ2) is 8.00. The number of carbonyl (C=O) groups excluding carboxylic acids is 2. The summed E-state index contributed by atoms with van der Waals surface area (Å²) in [6.07, 6.45) is 0.833. The van der Waals surface area contributed by atoms with E-state index in [1.54, 1.807) is 11.8 Å². The molecule has 1 heterocycles. The number of carbonyl (C=O) groups is 2. The van der Waals surface area contributed by atoms with Gasteiger partial charge in [0.1, 0.15) is 0 Å². The Hall–Kier alpha value is -1.79. The lowest BCUT2D eigenvalue weighted by Gasteiger charge is -2.18. The first-order valence-corrected chi connectivity index (χ1v) is 7.26. The zero-order valence-corrected chi connectivity index (χ0v) is 13.7. The molecule has 0 bridgehead atoms. The molecule has 1 aromatic rings. The minimum absolute atomic E-state index is 0. The predicted molar refractivity (Wildman–Crippen MR) is 90.7 cm³/mol. The Bertz CT molecular complexity index is 550. The van der Waals surface area contributed by atoms with Crippen LogP contribution in [0.3, 0.4) is 0 Å². The molecule has 2 rings (SSSR count). The van der Waals surface area contributed by atoms with Gasteiger partial charge in [0.2, 0.25) is 5.91 Å². The van der Waals surface area contributed by atoms with E-state index in [9.17, 15) is 9.59 Å². The molecule has 1 unspecified atom stereocenters. The van der Waals surface area contributed by atoms with Crippen molar-refractivity contribution in [1.29, 1.82) is 0 Å². The van der Waals surface area contributed by atoms with E-state index in [2.05, 4.69) is 10.6 Å². The van der Waals surface area contributed by atoms with Crippen LogP contribution in [0.4, 0.5) is 16.2 Å². The van der Waals surface area contributed by atoms with Crippen LogP contribution in [-0.2, 0) is 11.2 Å². The molecule has 22 heavy (non-hydrogen) atoms. The number of fused-ring (bicyclic) bond motifs is 1. The molecular formula is C15H23ClN4O2. The number of anilines is 2. The average molecular weight is 327 g/mol. The smallest absolute Gasteiger partial charge is 0.321 e. The fourth-order valence-corrected chi connectivity index (χ4v) is 2.29. The van der Waals surface area contributed by atoms with E-state index >= 15 is 0 Å². The molecule has 0 saturated carbocycles. The normalized spacial score (nSPS) is 13.9. The standard InChI is InChI=1S/C15H22N4O2.ClH/c1-3-17-15(21)19-7-6-11-4-5-12(8-13(11)19)18-14(20)10(2)9-16;/h4-5,8,10H,3,6-7,9,16H2,1-2H3,(H,17,21)(H,18,20);1H. The van der Waals surface area contributed by atoms with Gasteiger partial charge in [-0.15, -0.1) is 12.4 Å². The molecule has 4 N–H and O–H groups in total. The van der Waals surface area contributed by atoms with Crippen molar-refractivity contribution in [2.75, 3.05) is 29.9 Å². The van der Waals surface area contributed by atoms with Crippen LogP contribution in [0, 0.1) is 5.92 Å². The van der Waals surface area contributed by atoms with E-state index in [0.717, 1.165) is 17.7 Å². The third-order valence-electron chi connectivity index (χ3n) is 3.62. The van der Waals surface area contributed by atoms with Gasteiger partial charge < -0.3 is 16.4 Å². The summed E-state index contributed by atoms with van der Waals surface area (Å²) in [7, 11) is 0. The van der Waals surface area contributed by atoms with Crippen molar-refractivity contribution in [2.45, 2.75) is 20.3 Å². The summed E-state index contributed by atoms with van der Waals surface area (Å²) in [6, 6.07) is 5.56. The van der Waals surface area contributed by atoms with Gasteiger partial charge in [0.25, 0.3) is 0 Å². The van der Waals surface area contributed by atoms with Gasteiger partial charge in [0.05, 0.1) is 5.69 Å². The second-order valence-electron chi connectivity index (χ2n) is 5.21. The van der Waals surface area contributed by atoms with E-state index < -0.39 is 0 Å². The molecule has 7 heteroatoms. The highest BCUT2D eigenvalue weighted by Gasteiger charge is 2.24. The number of nitrogens with two attached hydrogens (primary N) is 1. The minimum atomic E-state index is -0.238. The summed E-state index contributed by atoms with van der Waals surface area (Å²) < 4.78 is 0. The van der Waals surface area contributed by atoms with E-state index in [1.807, 2.05) is 25.1 Å². The first-order chi connectivity index (χ1) is 10.1. The van der Waals surface area contributed by atoms with Gasteiger partial charge in [-0.25, -0.2) is 4.79 Å². The van der Waals surface area contributed by atoms with Crippen LogP contribution in [0.15, 0.2) is 18.2 Å². The number of nitrogens with one attached hydrogen (secondary N) is 2. The van der Waals surface area contributed by atoms with E-state index in [0.29, 0.717) is 25.3 Å². The number of halogens is 1. The van der Waals surface area contributed by atoms with Crippen LogP contribution in [0.5, 0.6) is 0 Å². The third kappa shape index (κ3) is 3.90. The highest BCUT2D eigenvalue weighted by atomic mass is 35.5. The Balaban J connectivity index is 0.00000242. The number of amides is 3. The number of nitrogens with zero attached hydrogens (tertiary/aromatic N) is 1. The molecule has 0 aliphatic carbocycles. The molecule has 0 aromatic heterocycles. The zero-order valence-electron chi connectivity index (χ0n) is 12.9. The highest BCUT2D eigenvalue weighted by molar-refractivity contribution is 5.97. The van der Waals surface area contributed by atoms with Gasteiger partial charge in [0, 0.05) is 31.2 Å². The van der Waals surface area contributed by atoms with Gasteiger partial charge in [-0.3, -0.25) is 9.69 Å². The largest absolute Gasteiger partial charge is 0.338 e. The van der Waals surface area contributed by atoms with Crippen molar-refractivity contribution >= 4 is 35.7 Å². The van der Waals surface area contributed by atoms with Crippen LogP contribution in [0.2, 0.25) is 0 Å². The van der Waals surface area contributed by atoms with Gasteiger partial charge in [0.15, 0.2) is 0 Å². The summed E-state index contributed by atoms with van der Waals surface area (Å²) >= 11 is 0. The summed E-state index contributed by atoms with van der Waals surface area (Å²) in [5.74, 6) is -0.349. The number of hydrogen-bond donors (Lipinski definition) is 3. The summed E-state index contributed by atoms with van der Waals surface area (Å²) in [5, 5.41) is 5.64. The number of rotatable bonds is 4. The van der Waals surface area contributed by atoms with Crippen molar-refractivity contribution < 1.29 is 9.59 Å².